The summed E-state index contributed by atoms with van der Waals surface area (Å²) in [6.07, 6.45) is 6.25. The molecule has 0 spiro atoms. The van der Waals surface area contributed by atoms with E-state index in [2.05, 4.69) is 5.32 Å². The van der Waals surface area contributed by atoms with Gasteiger partial charge in [-0.1, -0.05) is 37.9 Å². The Hall–Kier alpha value is -0.940. The molecule has 1 heterocycles. The summed E-state index contributed by atoms with van der Waals surface area (Å²) in [6, 6.07) is 3.82. The first-order valence-corrected chi connectivity index (χ1v) is 7.95. The molecule has 19 heavy (non-hydrogen) atoms. The smallest absolute Gasteiger partial charge is 0.262 e. The first-order valence-electron chi connectivity index (χ1n) is 6.72. The maximum Gasteiger partial charge on any atom is 0.262 e. The molecule has 1 saturated carbocycles. The van der Waals surface area contributed by atoms with Crippen molar-refractivity contribution in [2.75, 3.05) is 0 Å². The minimum absolute atomic E-state index is 0.0483. The van der Waals surface area contributed by atoms with Crippen LogP contribution >= 0.6 is 23.6 Å². The van der Waals surface area contributed by atoms with Crippen LogP contribution in [0.15, 0.2) is 12.1 Å². The topological polar surface area (TPSA) is 55.1 Å². The Morgan fingerprint density at radius 1 is 1.32 bits per heavy atom. The second kappa shape index (κ2) is 6.01. The predicted molar refractivity (Wildman–Crippen MR) is 83.7 cm³/mol. The standard InChI is InChI=1S/C14H20N2OS2/c1-10-6-7-11(19-10)12(17)16-14(13(15)18)8-4-2-3-5-9-14/h6-7H,2-5,8-9H2,1H3,(H2,15,18)(H,16,17). The molecule has 1 aromatic heterocycles. The van der Waals surface area contributed by atoms with Crippen LogP contribution in [0.25, 0.3) is 0 Å². The van der Waals surface area contributed by atoms with E-state index in [-0.39, 0.29) is 5.91 Å². The molecule has 1 aromatic rings. The molecular weight excluding hydrogens is 276 g/mol. The highest BCUT2D eigenvalue weighted by Gasteiger charge is 2.35. The summed E-state index contributed by atoms with van der Waals surface area (Å²) in [5.41, 5.74) is 5.44. The zero-order valence-corrected chi connectivity index (χ0v) is 12.8. The highest BCUT2D eigenvalue weighted by molar-refractivity contribution is 7.80. The molecule has 1 aliphatic carbocycles. The molecule has 0 atom stereocenters. The summed E-state index contributed by atoms with van der Waals surface area (Å²) < 4.78 is 0. The molecule has 3 N–H and O–H groups in total. The van der Waals surface area contributed by atoms with Crippen molar-refractivity contribution in [3.8, 4) is 0 Å². The highest BCUT2D eigenvalue weighted by Crippen LogP contribution is 2.28. The van der Waals surface area contributed by atoms with Gasteiger partial charge in [-0.05, 0) is 31.9 Å². The maximum atomic E-state index is 12.3. The molecule has 0 unspecified atom stereocenters. The fourth-order valence-electron chi connectivity index (χ4n) is 2.60. The number of thiocarbonyl (C=S) groups is 1. The lowest BCUT2D eigenvalue weighted by Crippen LogP contribution is -2.56. The van der Waals surface area contributed by atoms with Crippen LogP contribution in [0, 0.1) is 6.92 Å². The van der Waals surface area contributed by atoms with Crippen molar-refractivity contribution in [2.45, 2.75) is 51.0 Å². The van der Waals surface area contributed by atoms with Crippen LogP contribution in [0.4, 0.5) is 0 Å². The SMILES string of the molecule is Cc1ccc(C(=O)NC2(C(N)=S)CCCCCC2)s1. The number of thiophene rings is 1. The second-order valence-corrected chi connectivity index (χ2v) is 6.95. The fraction of sp³-hybridized carbons (Fsp3) is 0.571. The Morgan fingerprint density at radius 3 is 2.42 bits per heavy atom. The van der Waals surface area contributed by atoms with Gasteiger partial charge in [-0.3, -0.25) is 4.79 Å². The first kappa shape index (κ1) is 14.5. The predicted octanol–water partition coefficient (Wildman–Crippen LogP) is 3.17. The van der Waals surface area contributed by atoms with Gasteiger partial charge in [-0.15, -0.1) is 11.3 Å². The summed E-state index contributed by atoms with van der Waals surface area (Å²) >= 11 is 6.73. The third kappa shape index (κ3) is 3.34. The Balaban J connectivity index is 2.16. The average Bonchev–Trinajstić information content (AvgIpc) is 2.65. The fourth-order valence-corrected chi connectivity index (χ4v) is 3.62. The monoisotopic (exact) mass is 296 g/mol. The van der Waals surface area contributed by atoms with Crippen molar-refractivity contribution in [1.29, 1.82) is 0 Å². The molecule has 1 amide bonds. The lowest BCUT2D eigenvalue weighted by atomic mass is 9.90. The largest absolute Gasteiger partial charge is 0.391 e. The van der Waals surface area contributed by atoms with Gasteiger partial charge in [-0.2, -0.15) is 0 Å². The molecule has 0 bridgehead atoms. The molecule has 0 aromatic carbocycles. The molecule has 5 heteroatoms. The van der Waals surface area contributed by atoms with Crippen LogP contribution in [0.1, 0.15) is 53.1 Å². The molecule has 1 fully saturated rings. The minimum Gasteiger partial charge on any atom is -0.391 e. The van der Waals surface area contributed by atoms with E-state index < -0.39 is 5.54 Å². The number of aryl methyl sites for hydroxylation is 1. The Labute approximate surface area is 123 Å². The van der Waals surface area contributed by atoms with Crippen molar-refractivity contribution < 1.29 is 4.79 Å². The van der Waals surface area contributed by atoms with E-state index in [1.165, 1.54) is 24.2 Å². The van der Waals surface area contributed by atoms with E-state index in [4.69, 9.17) is 18.0 Å². The van der Waals surface area contributed by atoms with Crippen LogP contribution in [-0.4, -0.2) is 16.4 Å². The zero-order chi connectivity index (χ0) is 13.9. The quantitative estimate of drug-likeness (QED) is 0.665. The molecule has 0 aliphatic heterocycles. The second-order valence-electron chi connectivity index (χ2n) is 5.22. The van der Waals surface area contributed by atoms with Gasteiger partial charge in [0.2, 0.25) is 0 Å². The Bertz CT molecular complexity index is 474. The van der Waals surface area contributed by atoms with Crippen molar-refractivity contribution >= 4 is 34.5 Å². The van der Waals surface area contributed by atoms with E-state index in [1.54, 1.807) is 0 Å². The van der Waals surface area contributed by atoms with E-state index in [9.17, 15) is 4.79 Å². The number of nitrogens with one attached hydrogen (secondary N) is 1. The molecule has 104 valence electrons. The highest BCUT2D eigenvalue weighted by atomic mass is 32.1. The number of nitrogens with two attached hydrogens (primary N) is 1. The van der Waals surface area contributed by atoms with E-state index in [1.807, 2.05) is 19.1 Å². The first-order chi connectivity index (χ1) is 9.03. The average molecular weight is 296 g/mol. The third-order valence-electron chi connectivity index (χ3n) is 3.75. The van der Waals surface area contributed by atoms with E-state index >= 15 is 0 Å². The van der Waals surface area contributed by atoms with Crippen LogP contribution < -0.4 is 11.1 Å². The van der Waals surface area contributed by atoms with E-state index in [0.717, 1.165) is 35.4 Å². The van der Waals surface area contributed by atoms with Gasteiger partial charge < -0.3 is 11.1 Å². The number of carbonyl (C=O) groups is 1. The zero-order valence-electron chi connectivity index (χ0n) is 11.2. The van der Waals surface area contributed by atoms with Crippen molar-refractivity contribution in [3.05, 3.63) is 21.9 Å². The molecule has 0 saturated heterocycles. The number of carbonyl (C=O) groups excluding carboxylic acids is 1. The van der Waals surface area contributed by atoms with Gasteiger partial charge in [0.15, 0.2) is 0 Å². The van der Waals surface area contributed by atoms with E-state index in [0.29, 0.717) is 4.99 Å². The normalized spacial score (nSPS) is 18.6. The Kier molecular flexibility index (Phi) is 4.58. The van der Waals surface area contributed by atoms with Gasteiger partial charge in [0.05, 0.1) is 15.4 Å². The van der Waals surface area contributed by atoms with Crippen LogP contribution in [0.3, 0.4) is 0 Å². The summed E-state index contributed by atoms with van der Waals surface area (Å²) in [5, 5.41) is 3.11. The van der Waals surface area contributed by atoms with Gasteiger partial charge in [0.25, 0.3) is 5.91 Å². The summed E-state index contributed by atoms with van der Waals surface area (Å²) in [7, 11) is 0. The Morgan fingerprint density at radius 2 is 1.95 bits per heavy atom. The number of rotatable bonds is 3. The number of hydrogen-bond donors (Lipinski definition) is 2. The summed E-state index contributed by atoms with van der Waals surface area (Å²) in [4.78, 5) is 14.6. The summed E-state index contributed by atoms with van der Waals surface area (Å²) in [6.45, 7) is 2.00. The lowest BCUT2D eigenvalue weighted by molar-refractivity contribution is 0.0921. The van der Waals surface area contributed by atoms with Crippen LogP contribution in [0.2, 0.25) is 0 Å². The maximum absolute atomic E-state index is 12.3. The molecular formula is C14H20N2OS2. The van der Waals surface area contributed by atoms with Gasteiger partial charge in [0.1, 0.15) is 0 Å². The van der Waals surface area contributed by atoms with Gasteiger partial charge in [0, 0.05) is 4.88 Å². The molecule has 2 rings (SSSR count). The number of amides is 1. The molecule has 0 radical (unpaired) electrons. The molecule has 1 aliphatic rings. The molecule has 3 nitrogen and oxygen atoms in total. The lowest BCUT2D eigenvalue weighted by Gasteiger charge is -2.32. The third-order valence-corrected chi connectivity index (χ3v) is 5.14. The van der Waals surface area contributed by atoms with Crippen LogP contribution in [0.5, 0.6) is 0 Å². The van der Waals surface area contributed by atoms with Crippen LogP contribution in [-0.2, 0) is 0 Å². The number of hydrogen-bond acceptors (Lipinski definition) is 3. The van der Waals surface area contributed by atoms with Crippen molar-refractivity contribution in [2.24, 2.45) is 5.73 Å². The summed E-state index contributed by atoms with van der Waals surface area (Å²) in [5.74, 6) is -0.0483. The van der Waals surface area contributed by atoms with Gasteiger partial charge in [-0.25, -0.2) is 0 Å². The van der Waals surface area contributed by atoms with Gasteiger partial charge >= 0.3 is 0 Å². The van der Waals surface area contributed by atoms with Crippen molar-refractivity contribution in [3.63, 3.8) is 0 Å². The minimum atomic E-state index is -0.485. The van der Waals surface area contributed by atoms with Crippen molar-refractivity contribution in [1.82, 2.24) is 5.32 Å².